The van der Waals surface area contributed by atoms with Crippen molar-refractivity contribution in [1.29, 1.82) is 0 Å². The van der Waals surface area contributed by atoms with Gasteiger partial charge in [-0.15, -0.1) is 0 Å². The molecule has 0 spiro atoms. The average Bonchev–Trinajstić information content (AvgIpc) is 2.59. The van der Waals surface area contributed by atoms with Crippen molar-refractivity contribution in [2.24, 2.45) is 11.7 Å². The zero-order valence-corrected chi connectivity index (χ0v) is 8.32. The van der Waals surface area contributed by atoms with Crippen molar-refractivity contribution in [3.63, 3.8) is 0 Å². The molecule has 3 N–H and O–H groups in total. The fourth-order valence-electron chi connectivity index (χ4n) is 0.795. The van der Waals surface area contributed by atoms with Crippen molar-refractivity contribution in [2.45, 2.75) is 32.7 Å². The summed E-state index contributed by atoms with van der Waals surface area (Å²) in [5, 5.41) is 8.23. The second-order valence-electron chi connectivity index (χ2n) is 3.43. The molecule has 1 atom stereocenters. The van der Waals surface area contributed by atoms with Gasteiger partial charge in [0, 0.05) is 13.2 Å². The summed E-state index contributed by atoms with van der Waals surface area (Å²) >= 11 is 0. The molecule has 78 valence electrons. The molecule has 0 saturated carbocycles. The van der Waals surface area contributed by atoms with Crippen molar-refractivity contribution in [3.05, 3.63) is 0 Å². The number of rotatable bonds is 2. The van der Waals surface area contributed by atoms with Crippen LogP contribution in [-0.2, 0) is 9.53 Å². The quantitative estimate of drug-likeness (QED) is 0.675. The summed E-state index contributed by atoms with van der Waals surface area (Å²) in [6, 6.07) is -0.713. The molecule has 1 aliphatic rings. The minimum absolute atomic E-state index is 0.0208. The Hall–Kier alpha value is -0.610. The lowest BCUT2D eigenvalue weighted by Gasteiger charge is -2.07. The summed E-state index contributed by atoms with van der Waals surface area (Å²) < 4.78 is 4.94. The molecule has 1 fully saturated rings. The molecule has 4 heteroatoms. The van der Waals surface area contributed by atoms with Crippen LogP contribution in [0.15, 0.2) is 0 Å². The van der Waals surface area contributed by atoms with Crippen LogP contribution in [0, 0.1) is 5.92 Å². The van der Waals surface area contributed by atoms with E-state index in [0.717, 1.165) is 13.2 Å². The van der Waals surface area contributed by atoms with E-state index in [9.17, 15) is 4.79 Å². The van der Waals surface area contributed by atoms with Crippen molar-refractivity contribution >= 4 is 5.97 Å². The number of ether oxygens (including phenoxy) is 1. The normalized spacial score (nSPS) is 17.8. The Labute approximate surface area is 79.1 Å². The van der Waals surface area contributed by atoms with E-state index in [4.69, 9.17) is 15.6 Å². The molecule has 0 radical (unpaired) electrons. The summed E-state index contributed by atoms with van der Waals surface area (Å²) in [7, 11) is 0. The summed E-state index contributed by atoms with van der Waals surface area (Å²) in [5.41, 5.74) is 5.16. The molecular formula is C9H19NO3. The fourth-order valence-corrected chi connectivity index (χ4v) is 0.795. The standard InChI is InChI=1S/C5H11NO2.C4H8O/c1-3(2)4(6)5(7)8;1-2-4-5-3-1/h3-4H,6H2,1-2H3,(H,7,8);1-4H2/t4-;/m0./s1. The van der Waals surface area contributed by atoms with Gasteiger partial charge in [0.1, 0.15) is 6.04 Å². The van der Waals surface area contributed by atoms with E-state index < -0.39 is 12.0 Å². The first-order valence-electron chi connectivity index (χ1n) is 4.62. The number of carboxylic acids is 1. The average molecular weight is 189 g/mol. The van der Waals surface area contributed by atoms with Crippen LogP contribution in [0.1, 0.15) is 26.7 Å². The fraction of sp³-hybridized carbons (Fsp3) is 0.889. The van der Waals surface area contributed by atoms with Crippen molar-refractivity contribution < 1.29 is 14.6 Å². The summed E-state index contributed by atoms with van der Waals surface area (Å²) in [6.45, 7) is 5.55. The highest BCUT2D eigenvalue weighted by Crippen LogP contribution is 1.98. The second-order valence-corrected chi connectivity index (χ2v) is 3.43. The molecule has 1 rings (SSSR count). The monoisotopic (exact) mass is 189 g/mol. The first-order valence-corrected chi connectivity index (χ1v) is 4.62. The third kappa shape index (κ3) is 6.54. The largest absolute Gasteiger partial charge is 0.480 e. The van der Waals surface area contributed by atoms with E-state index in [1.165, 1.54) is 12.8 Å². The highest BCUT2D eigenvalue weighted by atomic mass is 16.5. The molecule has 4 nitrogen and oxygen atoms in total. The van der Waals surface area contributed by atoms with Crippen LogP contribution >= 0.6 is 0 Å². The third-order valence-corrected chi connectivity index (χ3v) is 1.83. The highest BCUT2D eigenvalue weighted by Gasteiger charge is 2.14. The molecule has 0 amide bonds. The Morgan fingerprint density at radius 2 is 1.85 bits per heavy atom. The van der Waals surface area contributed by atoms with Gasteiger partial charge in [-0.05, 0) is 18.8 Å². The lowest BCUT2D eigenvalue weighted by Crippen LogP contribution is -2.34. The first-order chi connectivity index (χ1) is 6.05. The molecule has 0 aliphatic carbocycles. The van der Waals surface area contributed by atoms with Gasteiger partial charge < -0.3 is 15.6 Å². The predicted molar refractivity (Wildman–Crippen MR) is 50.5 cm³/mol. The number of carboxylic acid groups (broad SMARTS) is 1. The summed E-state index contributed by atoms with van der Waals surface area (Å²) in [6.07, 6.45) is 2.56. The van der Waals surface area contributed by atoms with Crippen molar-refractivity contribution in [3.8, 4) is 0 Å². The molecule has 0 unspecified atom stereocenters. The minimum Gasteiger partial charge on any atom is -0.480 e. The maximum Gasteiger partial charge on any atom is 0.320 e. The van der Waals surface area contributed by atoms with Crippen LogP contribution in [0.2, 0.25) is 0 Å². The number of carbonyl (C=O) groups is 1. The van der Waals surface area contributed by atoms with Gasteiger partial charge in [-0.1, -0.05) is 13.8 Å². The summed E-state index contributed by atoms with van der Waals surface area (Å²) in [4.78, 5) is 10.0. The molecule has 13 heavy (non-hydrogen) atoms. The Morgan fingerprint density at radius 1 is 1.38 bits per heavy atom. The van der Waals surface area contributed by atoms with Gasteiger partial charge >= 0.3 is 5.97 Å². The minimum atomic E-state index is -0.931. The molecule has 0 aromatic carbocycles. The van der Waals surface area contributed by atoms with E-state index in [1.54, 1.807) is 13.8 Å². The van der Waals surface area contributed by atoms with Crippen molar-refractivity contribution in [1.82, 2.24) is 0 Å². The maximum absolute atomic E-state index is 10.0. The Balaban J connectivity index is 0.000000243. The number of hydrogen-bond acceptors (Lipinski definition) is 3. The van der Waals surface area contributed by atoms with E-state index in [-0.39, 0.29) is 5.92 Å². The third-order valence-electron chi connectivity index (χ3n) is 1.83. The van der Waals surface area contributed by atoms with Crippen molar-refractivity contribution in [2.75, 3.05) is 13.2 Å². The van der Waals surface area contributed by atoms with Crippen LogP contribution in [0.3, 0.4) is 0 Å². The highest BCUT2D eigenvalue weighted by molar-refractivity contribution is 5.73. The Morgan fingerprint density at radius 3 is 1.92 bits per heavy atom. The van der Waals surface area contributed by atoms with Crippen LogP contribution in [0.4, 0.5) is 0 Å². The van der Waals surface area contributed by atoms with Gasteiger partial charge in [-0.2, -0.15) is 0 Å². The number of aliphatic carboxylic acids is 1. The Bertz CT molecular complexity index is 136. The van der Waals surface area contributed by atoms with Crippen LogP contribution < -0.4 is 5.73 Å². The van der Waals surface area contributed by atoms with Gasteiger partial charge in [0.2, 0.25) is 0 Å². The molecular weight excluding hydrogens is 170 g/mol. The zero-order valence-electron chi connectivity index (χ0n) is 8.32. The van der Waals surface area contributed by atoms with Gasteiger partial charge in [0.05, 0.1) is 0 Å². The zero-order chi connectivity index (χ0) is 10.3. The van der Waals surface area contributed by atoms with E-state index >= 15 is 0 Å². The lowest BCUT2D eigenvalue weighted by molar-refractivity contribution is -0.139. The second kappa shape index (κ2) is 6.86. The van der Waals surface area contributed by atoms with E-state index in [2.05, 4.69) is 0 Å². The van der Waals surface area contributed by atoms with E-state index in [1.807, 2.05) is 0 Å². The number of hydrogen-bond donors (Lipinski definition) is 2. The molecule has 1 aliphatic heterocycles. The Kier molecular flexibility index (Phi) is 6.54. The van der Waals surface area contributed by atoms with Crippen LogP contribution in [0.25, 0.3) is 0 Å². The molecule has 1 saturated heterocycles. The topological polar surface area (TPSA) is 72.5 Å². The molecule has 1 heterocycles. The van der Waals surface area contributed by atoms with Gasteiger partial charge in [-0.3, -0.25) is 4.79 Å². The summed E-state index contributed by atoms with van der Waals surface area (Å²) in [5.74, 6) is -0.910. The smallest absolute Gasteiger partial charge is 0.320 e. The predicted octanol–water partition coefficient (Wildman–Crippen LogP) is 0.851. The van der Waals surface area contributed by atoms with Gasteiger partial charge in [-0.25, -0.2) is 0 Å². The molecule has 0 aromatic rings. The van der Waals surface area contributed by atoms with Crippen LogP contribution in [-0.4, -0.2) is 30.3 Å². The lowest BCUT2D eigenvalue weighted by atomic mass is 10.1. The number of nitrogens with two attached hydrogens (primary N) is 1. The SMILES string of the molecule is C1CCOC1.CC(C)[C@H](N)C(=O)O. The van der Waals surface area contributed by atoms with E-state index in [0.29, 0.717) is 0 Å². The molecule has 0 bridgehead atoms. The van der Waals surface area contributed by atoms with Crippen LogP contribution in [0.5, 0.6) is 0 Å². The van der Waals surface area contributed by atoms with Gasteiger partial charge in [0.15, 0.2) is 0 Å². The molecule has 0 aromatic heterocycles. The van der Waals surface area contributed by atoms with Gasteiger partial charge in [0.25, 0.3) is 0 Å². The first kappa shape index (κ1) is 12.4. The maximum atomic E-state index is 10.0.